The number of hydrogen-bond acceptors (Lipinski definition) is 5. The number of rotatable bonds is 5. The number of benzene rings is 3. The summed E-state index contributed by atoms with van der Waals surface area (Å²) in [6.07, 6.45) is 1.57. The van der Waals surface area contributed by atoms with Crippen LogP contribution >= 0.6 is 15.9 Å². The molecule has 3 aromatic carbocycles. The molecule has 0 aliphatic carbocycles. The van der Waals surface area contributed by atoms with Crippen LogP contribution in [0.5, 0.6) is 5.75 Å². The summed E-state index contributed by atoms with van der Waals surface area (Å²) in [5, 5.41) is 14.1. The van der Waals surface area contributed by atoms with Crippen molar-refractivity contribution in [1.29, 1.82) is 5.26 Å². The van der Waals surface area contributed by atoms with Crippen LogP contribution in [-0.2, 0) is 6.61 Å². The van der Waals surface area contributed by atoms with Crippen LogP contribution in [0.1, 0.15) is 22.5 Å². The van der Waals surface area contributed by atoms with Gasteiger partial charge in [-0.15, -0.1) is 0 Å². The molecule has 152 valence electrons. The lowest BCUT2D eigenvalue weighted by Gasteiger charge is -2.10. The van der Waals surface area contributed by atoms with Gasteiger partial charge in [-0.2, -0.15) is 15.0 Å². The SMILES string of the molecule is Cc1nc2ccc(Br)cc2c(=O)n1N=Cc1ccccc1OCc1ccccc1C#N. The quantitative estimate of drug-likeness (QED) is 0.390. The Morgan fingerprint density at radius 1 is 1.16 bits per heavy atom. The number of fused-ring (bicyclic) bond motifs is 1. The molecule has 0 spiro atoms. The topological polar surface area (TPSA) is 80.3 Å². The molecule has 0 aliphatic rings. The number of para-hydroxylation sites is 1. The average molecular weight is 473 g/mol. The molecule has 0 radical (unpaired) electrons. The first-order valence-corrected chi connectivity index (χ1v) is 10.3. The zero-order valence-electron chi connectivity index (χ0n) is 16.6. The Hall–Kier alpha value is -3.76. The van der Waals surface area contributed by atoms with E-state index < -0.39 is 0 Å². The van der Waals surface area contributed by atoms with Gasteiger partial charge in [-0.05, 0) is 43.3 Å². The molecule has 7 heteroatoms. The fourth-order valence-electron chi connectivity index (χ4n) is 3.15. The van der Waals surface area contributed by atoms with Crippen LogP contribution in [0.25, 0.3) is 10.9 Å². The molecule has 4 rings (SSSR count). The summed E-state index contributed by atoms with van der Waals surface area (Å²) in [6, 6.07) is 22.2. The lowest BCUT2D eigenvalue weighted by atomic mass is 10.1. The molecule has 6 nitrogen and oxygen atoms in total. The summed E-state index contributed by atoms with van der Waals surface area (Å²) in [5.74, 6) is 1.08. The predicted molar refractivity (Wildman–Crippen MR) is 123 cm³/mol. The minimum atomic E-state index is -0.249. The van der Waals surface area contributed by atoms with Crippen molar-refractivity contribution in [3.05, 3.63) is 104 Å². The predicted octanol–water partition coefficient (Wildman–Crippen LogP) is 4.80. The molecule has 0 fully saturated rings. The van der Waals surface area contributed by atoms with E-state index >= 15 is 0 Å². The molecular weight excluding hydrogens is 456 g/mol. The average Bonchev–Trinajstić information content (AvgIpc) is 2.79. The van der Waals surface area contributed by atoms with Gasteiger partial charge in [0.05, 0.1) is 28.8 Å². The highest BCUT2D eigenvalue weighted by Gasteiger charge is 2.09. The third-order valence-electron chi connectivity index (χ3n) is 4.72. The largest absolute Gasteiger partial charge is 0.488 e. The first kappa shape index (κ1) is 20.5. The maximum absolute atomic E-state index is 12.9. The van der Waals surface area contributed by atoms with E-state index in [1.54, 1.807) is 31.3 Å². The van der Waals surface area contributed by atoms with Gasteiger partial charge in [0, 0.05) is 15.6 Å². The molecule has 0 amide bonds. The van der Waals surface area contributed by atoms with E-state index in [1.165, 1.54) is 4.68 Å². The Morgan fingerprint density at radius 3 is 2.77 bits per heavy atom. The van der Waals surface area contributed by atoms with Crippen molar-refractivity contribution in [3.63, 3.8) is 0 Å². The van der Waals surface area contributed by atoms with E-state index in [4.69, 9.17) is 4.74 Å². The van der Waals surface area contributed by atoms with Crippen molar-refractivity contribution in [1.82, 2.24) is 9.66 Å². The monoisotopic (exact) mass is 472 g/mol. The van der Waals surface area contributed by atoms with Gasteiger partial charge in [0.25, 0.3) is 5.56 Å². The van der Waals surface area contributed by atoms with E-state index in [2.05, 4.69) is 32.1 Å². The minimum absolute atomic E-state index is 0.249. The number of halogens is 1. The molecule has 0 saturated heterocycles. The number of hydrogen-bond donors (Lipinski definition) is 0. The van der Waals surface area contributed by atoms with Crippen LogP contribution in [0.3, 0.4) is 0 Å². The third-order valence-corrected chi connectivity index (χ3v) is 5.22. The molecule has 1 heterocycles. The highest BCUT2D eigenvalue weighted by atomic mass is 79.9. The van der Waals surface area contributed by atoms with Gasteiger partial charge in [0.1, 0.15) is 18.2 Å². The van der Waals surface area contributed by atoms with Crippen molar-refractivity contribution in [3.8, 4) is 11.8 Å². The highest BCUT2D eigenvalue weighted by Crippen LogP contribution is 2.19. The van der Waals surface area contributed by atoms with Crippen LogP contribution in [0.15, 0.2) is 81.1 Å². The summed E-state index contributed by atoms with van der Waals surface area (Å²) >= 11 is 3.39. The Labute approximate surface area is 187 Å². The van der Waals surface area contributed by atoms with Crippen molar-refractivity contribution in [2.75, 3.05) is 0 Å². The van der Waals surface area contributed by atoms with Gasteiger partial charge in [0.15, 0.2) is 0 Å². The molecule has 0 unspecified atom stereocenters. The molecule has 0 N–H and O–H groups in total. The van der Waals surface area contributed by atoms with Crippen molar-refractivity contribution >= 4 is 33.0 Å². The number of nitriles is 1. The number of nitrogens with zero attached hydrogens (tertiary/aromatic N) is 4. The molecule has 31 heavy (non-hydrogen) atoms. The van der Waals surface area contributed by atoms with E-state index in [1.807, 2.05) is 48.5 Å². The molecular formula is C24H17BrN4O2. The Bertz CT molecular complexity index is 1400. The van der Waals surface area contributed by atoms with Crippen LogP contribution < -0.4 is 10.3 Å². The summed E-state index contributed by atoms with van der Waals surface area (Å²) in [7, 11) is 0. The molecule has 0 bridgehead atoms. The van der Waals surface area contributed by atoms with Crippen LogP contribution in [0, 0.1) is 18.3 Å². The van der Waals surface area contributed by atoms with Gasteiger partial charge < -0.3 is 4.74 Å². The Balaban J connectivity index is 1.65. The standard InChI is InChI=1S/C24H17BrN4O2/c1-16-28-22-11-10-20(25)12-21(22)24(30)29(16)27-14-18-7-4-5-9-23(18)31-15-19-8-3-2-6-17(19)13-26/h2-12,14H,15H2,1H3. The summed E-state index contributed by atoms with van der Waals surface area (Å²) in [5.41, 5.74) is 2.45. The van der Waals surface area contributed by atoms with Crippen molar-refractivity contribution < 1.29 is 4.74 Å². The Morgan fingerprint density at radius 2 is 1.94 bits per heavy atom. The van der Waals surface area contributed by atoms with E-state index in [-0.39, 0.29) is 12.2 Å². The number of aryl methyl sites for hydroxylation is 1. The zero-order valence-corrected chi connectivity index (χ0v) is 18.2. The van der Waals surface area contributed by atoms with Crippen molar-refractivity contribution in [2.45, 2.75) is 13.5 Å². The summed E-state index contributed by atoms with van der Waals surface area (Å²) in [4.78, 5) is 17.4. The maximum atomic E-state index is 12.9. The lowest BCUT2D eigenvalue weighted by Crippen LogP contribution is -2.20. The fraction of sp³-hybridized carbons (Fsp3) is 0.0833. The third kappa shape index (κ3) is 4.39. The molecule has 0 saturated carbocycles. The normalized spacial score (nSPS) is 11.0. The molecule has 4 aromatic rings. The van der Waals surface area contributed by atoms with Crippen LogP contribution in [0.4, 0.5) is 0 Å². The minimum Gasteiger partial charge on any atom is -0.488 e. The van der Waals surface area contributed by atoms with E-state index in [0.717, 1.165) is 10.0 Å². The number of ether oxygens (including phenoxy) is 1. The lowest BCUT2D eigenvalue weighted by molar-refractivity contribution is 0.305. The van der Waals surface area contributed by atoms with Crippen molar-refractivity contribution in [2.24, 2.45) is 5.10 Å². The second-order valence-corrected chi connectivity index (χ2v) is 7.69. The second kappa shape index (κ2) is 8.94. The maximum Gasteiger partial charge on any atom is 0.282 e. The van der Waals surface area contributed by atoms with Gasteiger partial charge in [-0.1, -0.05) is 46.3 Å². The van der Waals surface area contributed by atoms with E-state index in [0.29, 0.717) is 33.6 Å². The first-order valence-electron chi connectivity index (χ1n) is 9.50. The van der Waals surface area contributed by atoms with Gasteiger partial charge in [0.2, 0.25) is 0 Å². The smallest absolute Gasteiger partial charge is 0.282 e. The molecule has 1 aromatic heterocycles. The first-order chi connectivity index (χ1) is 15.1. The molecule has 0 atom stereocenters. The van der Waals surface area contributed by atoms with Gasteiger partial charge in [-0.3, -0.25) is 4.79 Å². The summed E-state index contributed by atoms with van der Waals surface area (Å²) < 4.78 is 8.02. The van der Waals surface area contributed by atoms with Gasteiger partial charge in [-0.25, -0.2) is 4.98 Å². The van der Waals surface area contributed by atoms with Gasteiger partial charge >= 0.3 is 0 Å². The number of aromatic nitrogens is 2. The highest BCUT2D eigenvalue weighted by molar-refractivity contribution is 9.10. The summed E-state index contributed by atoms with van der Waals surface area (Å²) in [6.45, 7) is 1.99. The zero-order chi connectivity index (χ0) is 21.8. The second-order valence-electron chi connectivity index (χ2n) is 6.78. The van der Waals surface area contributed by atoms with E-state index in [9.17, 15) is 10.1 Å². The Kier molecular flexibility index (Phi) is 5.92. The van der Waals surface area contributed by atoms with Crippen LogP contribution in [-0.4, -0.2) is 15.9 Å². The van der Waals surface area contributed by atoms with Crippen LogP contribution in [0.2, 0.25) is 0 Å². The molecule has 0 aliphatic heterocycles. The fourth-order valence-corrected chi connectivity index (χ4v) is 3.51.